The Balaban J connectivity index is 2.08. The lowest BCUT2D eigenvalue weighted by atomic mass is 10.1. The van der Waals surface area contributed by atoms with Crippen LogP contribution in [0, 0.1) is 6.92 Å². The molecule has 2 heterocycles. The number of rotatable bonds is 5. The van der Waals surface area contributed by atoms with Gasteiger partial charge in [0.15, 0.2) is 0 Å². The highest BCUT2D eigenvalue weighted by molar-refractivity contribution is 7.09. The molecule has 0 spiro atoms. The Bertz CT molecular complexity index is 513. The molecule has 0 aliphatic carbocycles. The predicted octanol–water partition coefficient (Wildman–Crippen LogP) is 2.52. The van der Waals surface area contributed by atoms with Crippen molar-refractivity contribution in [3.8, 4) is 5.75 Å². The number of ether oxygens (including phenoxy) is 1. The zero-order chi connectivity index (χ0) is 13.0. The maximum Gasteiger partial charge on any atom is 0.137 e. The first-order chi connectivity index (χ1) is 8.69. The van der Waals surface area contributed by atoms with Gasteiger partial charge in [-0.05, 0) is 19.9 Å². The number of hydrogen-bond donors (Lipinski definition) is 1. The van der Waals surface area contributed by atoms with Gasteiger partial charge in [0, 0.05) is 23.6 Å². The van der Waals surface area contributed by atoms with Crippen LogP contribution < -0.4 is 4.74 Å². The molecule has 0 saturated carbocycles. The molecule has 0 bridgehead atoms. The van der Waals surface area contributed by atoms with E-state index in [2.05, 4.69) is 9.97 Å². The first kappa shape index (κ1) is 13.0. The number of pyridine rings is 1. The molecule has 0 saturated heterocycles. The van der Waals surface area contributed by atoms with Gasteiger partial charge < -0.3 is 9.84 Å². The average molecular weight is 264 g/mol. The summed E-state index contributed by atoms with van der Waals surface area (Å²) in [5, 5.41) is 13.1. The normalized spacial score (nSPS) is 12.4. The standard InChI is InChI=1S/C13H16N2O2S/c1-3-17-12-4-10(6-14-7-12)13(16)5-11-8-18-9(2)15-11/h4,6-8,13,16H,3,5H2,1-2H3. The molecule has 0 fully saturated rings. The van der Waals surface area contributed by atoms with Crippen molar-refractivity contribution in [3.63, 3.8) is 0 Å². The number of thiazole rings is 1. The Kier molecular flexibility index (Phi) is 4.28. The smallest absolute Gasteiger partial charge is 0.137 e. The Morgan fingerprint density at radius 3 is 2.94 bits per heavy atom. The minimum absolute atomic E-state index is 0.502. The van der Waals surface area contributed by atoms with E-state index >= 15 is 0 Å². The first-order valence-corrected chi connectivity index (χ1v) is 6.74. The second kappa shape index (κ2) is 5.93. The topological polar surface area (TPSA) is 55.2 Å². The lowest BCUT2D eigenvalue weighted by Gasteiger charge is -2.10. The van der Waals surface area contributed by atoms with E-state index in [1.807, 2.05) is 25.3 Å². The van der Waals surface area contributed by atoms with Crippen LogP contribution in [0.3, 0.4) is 0 Å². The Hall–Kier alpha value is -1.46. The SMILES string of the molecule is CCOc1cncc(C(O)Cc2csc(C)n2)c1. The van der Waals surface area contributed by atoms with E-state index in [4.69, 9.17) is 4.74 Å². The fraction of sp³-hybridized carbons (Fsp3) is 0.385. The fourth-order valence-electron chi connectivity index (χ4n) is 1.68. The molecule has 1 unspecified atom stereocenters. The molecule has 0 amide bonds. The summed E-state index contributed by atoms with van der Waals surface area (Å²) in [6.45, 7) is 4.46. The molecule has 2 aromatic heterocycles. The van der Waals surface area contributed by atoms with Gasteiger partial charge in [-0.2, -0.15) is 0 Å². The summed E-state index contributed by atoms with van der Waals surface area (Å²) in [7, 11) is 0. The third-order valence-electron chi connectivity index (χ3n) is 2.50. The zero-order valence-corrected chi connectivity index (χ0v) is 11.3. The molecule has 0 aliphatic rings. The van der Waals surface area contributed by atoms with Crippen molar-refractivity contribution in [2.45, 2.75) is 26.4 Å². The lowest BCUT2D eigenvalue weighted by molar-refractivity contribution is 0.176. The van der Waals surface area contributed by atoms with Gasteiger partial charge in [0.25, 0.3) is 0 Å². The van der Waals surface area contributed by atoms with Crippen LogP contribution >= 0.6 is 11.3 Å². The van der Waals surface area contributed by atoms with Crippen molar-refractivity contribution in [2.24, 2.45) is 0 Å². The highest BCUT2D eigenvalue weighted by Crippen LogP contribution is 2.22. The molecule has 0 radical (unpaired) electrons. The Morgan fingerprint density at radius 1 is 1.44 bits per heavy atom. The second-order valence-corrected chi connectivity index (χ2v) is 5.03. The van der Waals surface area contributed by atoms with E-state index in [0.717, 1.165) is 16.3 Å². The number of hydrogen-bond acceptors (Lipinski definition) is 5. The monoisotopic (exact) mass is 264 g/mol. The summed E-state index contributed by atoms with van der Waals surface area (Å²) in [5.74, 6) is 0.684. The second-order valence-electron chi connectivity index (χ2n) is 3.96. The van der Waals surface area contributed by atoms with Gasteiger partial charge in [0.05, 0.1) is 29.6 Å². The molecule has 18 heavy (non-hydrogen) atoms. The summed E-state index contributed by atoms with van der Waals surface area (Å²) in [6.07, 6.45) is 3.21. The third-order valence-corrected chi connectivity index (χ3v) is 3.32. The van der Waals surface area contributed by atoms with Crippen molar-refractivity contribution in [3.05, 3.63) is 40.1 Å². The molecule has 1 N–H and O–H groups in total. The van der Waals surface area contributed by atoms with Gasteiger partial charge in [-0.25, -0.2) is 4.98 Å². The Morgan fingerprint density at radius 2 is 2.28 bits per heavy atom. The quantitative estimate of drug-likeness (QED) is 0.901. The fourth-order valence-corrected chi connectivity index (χ4v) is 2.31. The van der Waals surface area contributed by atoms with E-state index < -0.39 is 6.10 Å². The molecule has 1 atom stereocenters. The summed E-state index contributed by atoms with van der Waals surface area (Å²) < 4.78 is 5.36. The number of nitrogens with zero attached hydrogens (tertiary/aromatic N) is 2. The highest BCUT2D eigenvalue weighted by atomic mass is 32.1. The number of aliphatic hydroxyl groups is 1. The van der Waals surface area contributed by atoms with Gasteiger partial charge in [-0.1, -0.05) is 0 Å². The minimum atomic E-state index is -0.598. The molecule has 5 heteroatoms. The first-order valence-electron chi connectivity index (χ1n) is 5.86. The molecular weight excluding hydrogens is 248 g/mol. The van der Waals surface area contributed by atoms with Gasteiger partial charge in [-0.15, -0.1) is 11.3 Å². The summed E-state index contributed by atoms with van der Waals surface area (Å²) in [5.41, 5.74) is 1.67. The van der Waals surface area contributed by atoms with Crippen LogP contribution in [-0.4, -0.2) is 21.7 Å². The summed E-state index contributed by atoms with van der Waals surface area (Å²) in [6, 6.07) is 1.82. The van der Waals surface area contributed by atoms with Crippen LogP contribution in [0.1, 0.15) is 29.3 Å². The van der Waals surface area contributed by atoms with Crippen LogP contribution in [0.2, 0.25) is 0 Å². The van der Waals surface area contributed by atoms with Gasteiger partial charge >= 0.3 is 0 Å². The molecular formula is C13H16N2O2S. The predicted molar refractivity (Wildman–Crippen MR) is 70.9 cm³/mol. The van der Waals surface area contributed by atoms with Crippen LogP contribution in [0.5, 0.6) is 5.75 Å². The van der Waals surface area contributed by atoms with Gasteiger partial charge in [0.1, 0.15) is 5.75 Å². The van der Waals surface area contributed by atoms with E-state index in [9.17, 15) is 5.11 Å². The van der Waals surface area contributed by atoms with E-state index in [0.29, 0.717) is 18.8 Å². The third kappa shape index (κ3) is 3.27. The van der Waals surface area contributed by atoms with E-state index in [1.165, 1.54) is 0 Å². The van der Waals surface area contributed by atoms with Crippen molar-refractivity contribution in [2.75, 3.05) is 6.61 Å². The lowest BCUT2D eigenvalue weighted by Crippen LogP contribution is -2.03. The summed E-state index contributed by atoms with van der Waals surface area (Å²) >= 11 is 1.59. The minimum Gasteiger partial charge on any atom is -0.492 e. The number of aliphatic hydroxyl groups excluding tert-OH is 1. The van der Waals surface area contributed by atoms with Crippen LogP contribution in [-0.2, 0) is 6.42 Å². The van der Waals surface area contributed by atoms with Crippen molar-refractivity contribution in [1.29, 1.82) is 0 Å². The molecule has 2 rings (SSSR count). The largest absolute Gasteiger partial charge is 0.492 e. The molecule has 0 aliphatic heterocycles. The maximum atomic E-state index is 10.1. The molecule has 2 aromatic rings. The van der Waals surface area contributed by atoms with Crippen molar-refractivity contribution < 1.29 is 9.84 Å². The summed E-state index contributed by atoms with van der Waals surface area (Å²) in [4.78, 5) is 8.41. The maximum absolute atomic E-state index is 10.1. The van der Waals surface area contributed by atoms with E-state index in [-0.39, 0.29) is 0 Å². The molecule has 4 nitrogen and oxygen atoms in total. The Labute approximate surface area is 110 Å². The van der Waals surface area contributed by atoms with Crippen LogP contribution in [0.4, 0.5) is 0 Å². The van der Waals surface area contributed by atoms with Gasteiger partial charge in [-0.3, -0.25) is 4.98 Å². The molecule has 0 aromatic carbocycles. The van der Waals surface area contributed by atoms with Gasteiger partial charge in [0.2, 0.25) is 0 Å². The van der Waals surface area contributed by atoms with Crippen molar-refractivity contribution in [1.82, 2.24) is 9.97 Å². The number of aryl methyl sites for hydroxylation is 1. The van der Waals surface area contributed by atoms with Crippen molar-refractivity contribution >= 4 is 11.3 Å². The van der Waals surface area contributed by atoms with Crippen LogP contribution in [0.25, 0.3) is 0 Å². The van der Waals surface area contributed by atoms with Crippen LogP contribution in [0.15, 0.2) is 23.8 Å². The zero-order valence-electron chi connectivity index (χ0n) is 10.5. The molecule has 96 valence electrons. The average Bonchev–Trinajstić information content (AvgIpc) is 2.75. The van der Waals surface area contributed by atoms with E-state index in [1.54, 1.807) is 23.7 Å². The number of aromatic nitrogens is 2. The highest BCUT2D eigenvalue weighted by Gasteiger charge is 2.12.